The Labute approximate surface area is 118 Å². The van der Waals surface area contributed by atoms with Crippen LogP contribution in [0.1, 0.15) is 26.3 Å². The van der Waals surface area contributed by atoms with Crippen LogP contribution in [0, 0.1) is 0 Å². The van der Waals surface area contributed by atoms with Crippen LogP contribution in [-0.4, -0.2) is 36.3 Å². The van der Waals surface area contributed by atoms with Gasteiger partial charge in [-0.3, -0.25) is 0 Å². The van der Waals surface area contributed by atoms with Crippen molar-refractivity contribution in [1.29, 1.82) is 0 Å². The Morgan fingerprint density at radius 1 is 1.30 bits per heavy atom. The number of hydrogen-bond acceptors (Lipinski definition) is 5. The Morgan fingerprint density at radius 3 is 2.35 bits per heavy atom. The third-order valence-electron chi connectivity index (χ3n) is 2.34. The zero-order valence-corrected chi connectivity index (χ0v) is 12.1. The van der Waals surface area contributed by atoms with Crippen molar-refractivity contribution in [2.75, 3.05) is 13.7 Å². The molecule has 0 atom stereocenters. The third kappa shape index (κ3) is 5.17. The number of rotatable bonds is 4. The van der Waals surface area contributed by atoms with Gasteiger partial charge in [-0.1, -0.05) is 5.16 Å². The van der Waals surface area contributed by atoms with Gasteiger partial charge in [0, 0.05) is 5.56 Å². The van der Waals surface area contributed by atoms with E-state index in [0.717, 1.165) is 0 Å². The van der Waals surface area contributed by atoms with E-state index < -0.39 is 11.7 Å². The number of methoxy groups -OCH3 is 1. The zero-order chi connectivity index (χ0) is 15.2. The van der Waals surface area contributed by atoms with E-state index in [2.05, 4.69) is 10.5 Å². The Bertz CT molecular complexity index is 475. The molecule has 0 radical (unpaired) electrons. The van der Waals surface area contributed by atoms with E-state index in [9.17, 15) is 4.79 Å². The number of oxime groups is 1. The number of carbonyl (C=O) groups is 1. The van der Waals surface area contributed by atoms with Gasteiger partial charge < -0.3 is 20.0 Å². The molecule has 1 aromatic rings. The number of carbonyl (C=O) groups excluding carboxylic acids is 1. The molecule has 0 unspecified atom stereocenters. The molecule has 0 aliphatic rings. The van der Waals surface area contributed by atoms with Crippen LogP contribution < -0.4 is 10.1 Å². The van der Waals surface area contributed by atoms with Crippen molar-refractivity contribution in [3.05, 3.63) is 29.8 Å². The minimum atomic E-state index is -0.569. The molecular weight excluding hydrogens is 260 g/mol. The average Bonchev–Trinajstić information content (AvgIpc) is 2.38. The lowest BCUT2D eigenvalue weighted by Crippen LogP contribution is -2.35. The van der Waals surface area contributed by atoms with Crippen molar-refractivity contribution < 1.29 is 19.5 Å². The molecule has 2 N–H and O–H groups in total. The molecule has 1 rings (SSSR count). The SMILES string of the molecule is COc1ccc(/C(CNC(=O)OC(C)(C)C)=N/O)cc1. The van der Waals surface area contributed by atoms with Crippen molar-refractivity contribution >= 4 is 11.8 Å². The summed E-state index contributed by atoms with van der Waals surface area (Å²) >= 11 is 0. The van der Waals surface area contributed by atoms with Crippen LogP contribution in [0.4, 0.5) is 4.79 Å². The van der Waals surface area contributed by atoms with Gasteiger partial charge in [0.25, 0.3) is 0 Å². The first-order valence-electron chi connectivity index (χ1n) is 6.18. The fraction of sp³-hybridized carbons (Fsp3) is 0.429. The number of benzene rings is 1. The molecule has 0 heterocycles. The van der Waals surface area contributed by atoms with E-state index in [1.165, 1.54) is 0 Å². The molecule has 0 spiro atoms. The van der Waals surface area contributed by atoms with E-state index in [-0.39, 0.29) is 6.54 Å². The molecule has 6 nitrogen and oxygen atoms in total. The highest BCUT2D eigenvalue weighted by Crippen LogP contribution is 2.12. The largest absolute Gasteiger partial charge is 0.497 e. The van der Waals surface area contributed by atoms with Gasteiger partial charge in [0.15, 0.2) is 0 Å². The van der Waals surface area contributed by atoms with Crippen molar-refractivity contribution in [2.24, 2.45) is 5.16 Å². The topological polar surface area (TPSA) is 80.2 Å². The summed E-state index contributed by atoms with van der Waals surface area (Å²) in [4.78, 5) is 11.5. The fourth-order valence-corrected chi connectivity index (χ4v) is 1.45. The van der Waals surface area contributed by atoms with Crippen LogP contribution in [0.3, 0.4) is 0 Å². The standard InChI is InChI=1S/C14H20N2O4/c1-14(2,3)20-13(17)15-9-12(16-18)10-5-7-11(19-4)8-6-10/h5-8,18H,9H2,1-4H3,(H,15,17)/b16-12+. The van der Waals surface area contributed by atoms with E-state index in [1.807, 2.05) is 0 Å². The maximum absolute atomic E-state index is 11.5. The number of alkyl carbamates (subject to hydrolysis) is 1. The van der Waals surface area contributed by atoms with Gasteiger partial charge in [0.1, 0.15) is 17.1 Å². The molecule has 20 heavy (non-hydrogen) atoms. The number of amides is 1. The molecule has 1 amide bonds. The monoisotopic (exact) mass is 280 g/mol. The predicted octanol–water partition coefficient (Wildman–Crippen LogP) is 2.40. The molecule has 0 saturated carbocycles. The predicted molar refractivity (Wildman–Crippen MR) is 75.6 cm³/mol. The molecule has 0 fully saturated rings. The van der Waals surface area contributed by atoms with Gasteiger partial charge in [0.2, 0.25) is 0 Å². The lowest BCUT2D eigenvalue weighted by molar-refractivity contribution is 0.0536. The summed E-state index contributed by atoms with van der Waals surface area (Å²) in [5.41, 5.74) is 0.448. The lowest BCUT2D eigenvalue weighted by atomic mass is 10.1. The highest BCUT2D eigenvalue weighted by atomic mass is 16.6. The molecule has 0 aliphatic carbocycles. The number of nitrogens with one attached hydrogen (secondary N) is 1. The van der Waals surface area contributed by atoms with Crippen molar-refractivity contribution in [3.8, 4) is 5.75 Å². The first-order chi connectivity index (χ1) is 9.35. The van der Waals surface area contributed by atoms with Gasteiger partial charge in [-0.25, -0.2) is 4.79 Å². The van der Waals surface area contributed by atoms with Crippen LogP contribution in [0.5, 0.6) is 5.75 Å². The van der Waals surface area contributed by atoms with Crippen LogP contribution in [0.25, 0.3) is 0 Å². The number of hydrogen-bond donors (Lipinski definition) is 2. The first kappa shape index (κ1) is 15.8. The number of ether oxygens (including phenoxy) is 2. The summed E-state index contributed by atoms with van der Waals surface area (Å²) in [6, 6.07) is 6.97. The van der Waals surface area contributed by atoms with Crippen molar-refractivity contribution in [1.82, 2.24) is 5.32 Å². The summed E-state index contributed by atoms with van der Waals surface area (Å²) in [5.74, 6) is 0.700. The molecule has 0 bridgehead atoms. The Kier molecular flexibility index (Phi) is 5.37. The quantitative estimate of drug-likeness (QED) is 0.504. The van der Waals surface area contributed by atoms with E-state index in [0.29, 0.717) is 17.0 Å². The molecule has 0 saturated heterocycles. The van der Waals surface area contributed by atoms with Gasteiger partial charge in [-0.15, -0.1) is 0 Å². The smallest absolute Gasteiger partial charge is 0.407 e. The van der Waals surface area contributed by atoms with Gasteiger partial charge in [-0.2, -0.15) is 0 Å². The highest BCUT2D eigenvalue weighted by molar-refractivity contribution is 6.02. The number of nitrogens with zero attached hydrogens (tertiary/aromatic N) is 1. The summed E-state index contributed by atoms with van der Waals surface area (Å²) in [5, 5.41) is 14.7. The Balaban J connectivity index is 2.62. The van der Waals surface area contributed by atoms with Gasteiger partial charge in [-0.05, 0) is 45.0 Å². The second-order valence-corrected chi connectivity index (χ2v) is 5.13. The molecule has 0 aromatic heterocycles. The minimum Gasteiger partial charge on any atom is -0.497 e. The summed E-state index contributed by atoms with van der Waals surface area (Å²) in [6.07, 6.45) is -0.563. The van der Waals surface area contributed by atoms with Crippen molar-refractivity contribution in [2.45, 2.75) is 26.4 Å². The fourth-order valence-electron chi connectivity index (χ4n) is 1.45. The normalized spacial score (nSPS) is 11.9. The molecule has 1 aromatic carbocycles. The summed E-state index contributed by atoms with van der Waals surface area (Å²) in [7, 11) is 1.57. The second-order valence-electron chi connectivity index (χ2n) is 5.13. The first-order valence-corrected chi connectivity index (χ1v) is 6.18. The van der Waals surface area contributed by atoms with Crippen LogP contribution in [-0.2, 0) is 4.74 Å². The van der Waals surface area contributed by atoms with Crippen LogP contribution >= 0.6 is 0 Å². The summed E-state index contributed by atoms with van der Waals surface area (Å²) in [6.45, 7) is 5.39. The zero-order valence-electron chi connectivity index (χ0n) is 12.1. The summed E-state index contributed by atoms with van der Waals surface area (Å²) < 4.78 is 10.1. The van der Waals surface area contributed by atoms with E-state index in [4.69, 9.17) is 14.7 Å². The average molecular weight is 280 g/mol. The van der Waals surface area contributed by atoms with Crippen LogP contribution in [0.2, 0.25) is 0 Å². The minimum absolute atomic E-state index is 0.0672. The maximum atomic E-state index is 11.5. The second kappa shape index (κ2) is 6.79. The molecule has 0 aliphatic heterocycles. The molecular formula is C14H20N2O4. The lowest BCUT2D eigenvalue weighted by Gasteiger charge is -2.19. The van der Waals surface area contributed by atoms with Crippen molar-refractivity contribution in [3.63, 3.8) is 0 Å². The van der Waals surface area contributed by atoms with E-state index >= 15 is 0 Å². The third-order valence-corrected chi connectivity index (χ3v) is 2.34. The van der Waals surface area contributed by atoms with Gasteiger partial charge in [0.05, 0.1) is 13.7 Å². The maximum Gasteiger partial charge on any atom is 0.407 e. The molecule has 6 heteroatoms. The Hall–Kier alpha value is -2.24. The molecule has 110 valence electrons. The van der Waals surface area contributed by atoms with E-state index in [1.54, 1.807) is 52.1 Å². The van der Waals surface area contributed by atoms with Crippen LogP contribution in [0.15, 0.2) is 29.4 Å². The highest BCUT2D eigenvalue weighted by Gasteiger charge is 2.16. The van der Waals surface area contributed by atoms with Gasteiger partial charge >= 0.3 is 6.09 Å². The Morgan fingerprint density at radius 2 is 1.90 bits per heavy atom.